The molecule has 2 atom stereocenters. The van der Waals surface area contributed by atoms with Gasteiger partial charge >= 0.3 is 11.9 Å². The van der Waals surface area contributed by atoms with E-state index < -0.39 is 0 Å². The molecule has 0 bridgehead atoms. The van der Waals surface area contributed by atoms with E-state index >= 15 is 0 Å². The molecule has 2 aromatic rings. The van der Waals surface area contributed by atoms with Gasteiger partial charge in [0.05, 0.1) is 26.1 Å². The van der Waals surface area contributed by atoms with Gasteiger partial charge in [0.15, 0.2) is 0 Å². The predicted molar refractivity (Wildman–Crippen MR) is 150 cm³/mol. The number of hydrogen-bond donors (Lipinski definition) is 0. The summed E-state index contributed by atoms with van der Waals surface area (Å²) in [7, 11) is 2.97. The normalized spacial score (nSPS) is 17.6. The standard InChI is InChI=1S/2C15H20O2.2ClH/c2*1-17-15(16)14(12-8-4-2-5-9-12)13-10-6-3-7-11-13;;/h2*2,4-5,8-9,13-14H,3,6-7,10-11H2,1H3;2*1H. The fourth-order valence-corrected chi connectivity index (χ4v) is 5.71. The van der Waals surface area contributed by atoms with E-state index in [1.165, 1.54) is 52.7 Å². The van der Waals surface area contributed by atoms with Crippen molar-refractivity contribution in [3.63, 3.8) is 0 Å². The molecule has 0 heterocycles. The molecule has 4 rings (SSSR count). The fourth-order valence-electron chi connectivity index (χ4n) is 5.71. The second-order valence-electron chi connectivity index (χ2n) is 9.62. The van der Waals surface area contributed by atoms with Gasteiger partial charge in [-0.15, -0.1) is 24.8 Å². The number of ether oxygens (including phenoxy) is 2. The number of methoxy groups -OCH3 is 2. The van der Waals surface area contributed by atoms with Gasteiger partial charge in [0, 0.05) is 0 Å². The summed E-state index contributed by atoms with van der Waals surface area (Å²) in [6.07, 6.45) is 12.2. The van der Waals surface area contributed by atoms with Crippen molar-refractivity contribution in [3.8, 4) is 0 Å². The topological polar surface area (TPSA) is 52.6 Å². The van der Waals surface area contributed by atoms with Crippen LogP contribution in [0.3, 0.4) is 0 Å². The first-order chi connectivity index (χ1) is 16.7. The molecular weight excluding hydrogens is 495 g/mol. The van der Waals surface area contributed by atoms with Crippen molar-refractivity contribution in [1.29, 1.82) is 0 Å². The lowest BCUT2D eigenvalue weighted by atomic mass is 9.77. The number of halogens is 2. The first-order valence-corrected chi connectivity index (χ1v) is 12.9. The average molecular weight is 538 g/mol. The third-order valence-electron chi connectivity index (χ3n) is 7.47. The maximum Gasteiger partial charge on any atom is 0.313 e. The Morgan fingerprint density at radius 1 is 0.583 bits per heavy atom. The van der Waals surface area contributed by atoms with E-state index in [0.29, 0.717) is 11.8 Å². The van der Waals surface area contributed by atoms with Crippen molar-refractivity contribution in [2.24, 2.45) is 11.8 Å². The summed E-state index contributed by atoms with van der Waals surface area (Å²) in [4.78, 5) is 24.0. The van der Waals surface area contributed by atoms with Gasteiger partial charge in [0.25, 0.3) is 0 Å². The number of hydrogen-bond acceptors (Lipinski definition) is 4. The van der Waals surface area contributed by atoms with Crippen LogP contribution in [-0.2, 0) is 19.1 Å². The van der Waals surface area contributed by atoms with Crippen molar-refractivity contribution in [2.45, 2.75) is 76.0 Å². The lowest BCUT2D eigenvalue weighted by Gasteiger charge is -2.28. The van der Waals surface area contributed by atoms with Gasteiger partial charge in [-0.1, -0.05) is 99.2 Å². The number of carbonyl (C=O) groups is 2. The van der Waals surface area contributed by atoms with Crippen LogP contribution in [0.4, 0.5) is 0 Å². The molecule has 2 saturated carbocycles. The largest absolute Gasteiger partial charge is 0.469 e. The molecule has 200 valence electrons. The Labute approximate surface area is 229 Å². The summed E-state index contributed by atoms with van der Waals surface area (Å²) < 4.78 is 9.96. The summed E-state index contributed by atoms with van der Waals surface area (Å²) in [5.74, 6) is 0.617. The van der Waals surface area contributed by atoms with Gasteiger partial charge in [0.2, 0.25) is 0 Å². The van der Waals surface area contributed by atoms with Crippen LogP contribution in [0, 0.1) is 11.8 Å². The molecule has 2 aliphatic carbocycles. The molecule has 0 aliphatic heterocycles. The highest BCUT2D eigenvalue weighted by Gasteiger charge is 2.32. The number of esters is 2. The minimum Gasteiger partial charge on any atom is -0.469 e. The van der Waals surface area contributed by atoms with E-state index in [1.54, 1.807) is 0 Å². The Balaban J connectivity index is 0.000000341. The van der Waals surface area contributed by atoms with E-state index in [9.17, 15) is 9.59 Å². The van der Waals surface area contributed by atoms with Crippen LogP contribution in [0.1, 0.15) is 87.2 Å². The monoisotopic (exact) mass is 536 g/mol. The Kier molecular flexibility index (Phi) is 15.5. The second-order valence-corrected chi connectivity index (χ2v) is 9.62. The molecule has 0 radical (unpaired) electrons. The van der Waals surface area contributed by atoms with Crippen LogP contribution in [0.5, 0.6) is 0 Å². The average Bonchev–Trinajstić information content (AvgIpc) is 2.91. The van der Waals surface area contributed by atoms with Crippen LogP contribution in [-0.4, -0.2) is 26.2 Å². The third kappa shape index (κ3) is 9.12. The predicted octanol–water partition coefficient (Wildman–Crippen LogP) is 7.89. The molecule has 0 N–H and O–H groups in total. The Morgan fingerprint density at radius 3 is 1.17 bits per heavy atom. The molecule has 0 amide bonds. The maximum atomic E-state index is 12.0. The highest BCUT2D eigenvalue weighted by Crippen LogP contribution is 2.37. The van der Waals surface area contributed by atoms with Gasteiger partial charge in [-0.2, -0.15) is 0 Å². The number of carbonyl (C=O) groups excluding carboxylic acids is 2. The fraction of sp³-hybridized carbons (Fsp3) is 0.533. The van der Waals surface area contributed by atoms with Crippen molar-refractivity contribution in [2.75, 3.05) is 14.2 Å². The van der Waals surface area contributed by atoms with Crippen molar-refractivity contribution in [3.05, 3.63) is 71.8 Å². The Morgan fingerprint density at radius 2 is 0.889 bits per heavy atom. The SMILES string of the molecule is COC(=O)C(c1ccccc1)C1CCCCC1.COC(=O)C(c1ccccc1)C1CCCCC1.Cl.Cl. The van der Waals surface area contributed by atoms with E-state index in [2.05, 4.69) is 0 Å². The first-order valence-electron chi connectivity index (χ1n) is 12.9. The van der Waals surface area contributed by atoms with Crippen LogP contribution < -0.4 is 0 Å². The minimum absolute atomic E-state index is 0. The summed E-state index contributed by atoms with van der Waals surface area (Å²) in [5, 5.41) is 0. The zero-order chi connectivity index (χ0) is 24.2. The minimum atomic E-state index is -0.0805. The summed E-state index contributed by atoms with van der Waals surface area (Å²) in [6.45, 7) is 0. The molecular formula is C30H42Cl2O4. The van der Waals surface area contributed by atoms with Gasteiger partial charge < -0.3 is 9.47 Å². The molecule has 2 aliphatic rings. The molecule has 2 unspecified atom stereocenters. The lowest BCUT2D eigenvalue weighted by molar-refractivity contribution is -0.145. The van der Waals surface area contributed by atoms with Gasteiger partial charge in [-0.05, 0) is 48.6 Å². The van der Waals surface area contributed by atoms with Crippen LogP contribution >= 0.6 is 24.8 Å². The quantitative estimate of drug-likeness (QED) is 0.352. The molecule has 2 aromatic carbocycles. The van der Waals surface area contributed by atoms with Crippen molar-refractivity contribution in [1.82, 2.24) is 0 Å². The summed E-state index contributed by atoms with van der Waals surface area (Å²) in [5.41, 5.74) is 2.21. The van der Waals surface area contributed by atoms with E-state index in [-0.39, 0.29) is 48.6 Å². The number of rotatable bonds is 6. The van der Waals surface area contributed by atoms with Crippen LogP contribution in [0.25, 0.3) is 0 Å². The van der Waals surface area contributed by atoms with E-state index in [0.717, 1.165) is 36.8 Å². The highest BCUT2D eigenvalue weighted by molar-refractivity contribution is 5.85. The van der Waals surface area contributed by atoms with Crippen molar-refractivity contribution < 1.29 is 19.1 Å². The smallest absolute Gasteiger partial charge is 0.313 e. The molecule has 4 nitrogen and oxygen atoms in total. The second kappa shape index (κ2) is 17.4. The Hall–Kier alpha value is -2.04. The molecule has 36 heavy (non-hydrogen) atoms. The van der Waals surface area contributed by atoms with Crippen molar-refractivity contribution >= 4 is 36.8 Å². The van der Waals surface area contributed by atoms with Gasteiger partial charge in [0.1, 0.15) is 0 Å². The summed E-state index contributed by atoms with van der Waals surface area (Å²) >= 11 is 0. The lowest BCUT2D eigenvalue weighted by Crippen LogP contribution is -2.24. The van der Waals surface area contributed by atoms with Crippen LogP contribution in [0.2, 0.25) is 0 Å². The van der Waals surface area contributed by atoms with E-state index in [1.807, 2.05) is 60.7 Å². The molecule has 0 aromatic heterocycles. The zero-order valence-corrected chi connectivity index (χ0v) is 23.2. The number of benzene rings is 2. The molecule has 0 saturated heterocycles. The first kappa shape index (κ1) is 32.0. The zero-order valence-electron chi connectivity index (χ0n) is 21.6. The van der Waals surface area contributed by atoms with E-state index in [4.69, 9.17) is 9.47 Å². The Bertz CT molecular complexity index is 790. The third-order valence-corrected chi connectivity index (χ3v) is 7.47. The molecule has 0 spiro atoms. The maximum absolute atomic E-state index is 12.0. The highest BCUT2D eigenvalue weighted by atomic mass is 35.5. The van der Waals surface area contributed by atoms with Gasteiger partial charge in [-0.25, -0.2) is 0 Å². The van der Waals surface area contributed by atoms with Gasteiger partial charge in [-0.3, -0.25) is 9.59 Å². The summed E-state index contributed by atoms with van der Waals surface area (Å²) in [6, 6.07) is 20.1. The molecule has 6 heteroatoms. The van der Waals surface area contributed by atoms with Crippen LogP contribution in [0.15, 0.2) is 60.7 Å². The molecule has 2 fully saturated rings.